The lowest BCUT2D eigenvalue weighted by Crippen LogP contribution is -1.96. The van der Waals surface area contributed by atoms with Crippen LogP contribution in [0.3, 0.4) is 0 Å². The fourth-order valence-electron chi connectivity index (χ4n) is 3.56. The Kier molecular flexibility index (Phi) is 5.09. The van der Waals surface area contributed by atoms with Crippen LogP contribution in [0.15, 0.2) is 91.3 Å². The number of nitrogens with zero attached hydrogens (tertiary/aromatic N) is 2. The molecule has 0 spiro atoms. The standard InChI is InChI=1S/C26H19N3O3/c30-26(31)22-4-1-5-23-24(22)29-25(28-23)20-8-6-18(7-9-20)19-10-12-21(13-11-19)32-16-17-3-2-14-27-15-17/h1-15H,16H2,(H,28,29)(H,30,31). The summed E-state index contributed by atoms with van der Waals surface area (Å²) < 4.78 is 5.82. The number of carbonyl (C=O) groups is 1. The van der Waals surface area contributed by atoms with Crippen LogP contribution in [0.25, 0.3) is 33.5 Å². The lowest BCUT2D eigenvalue weighted by atomic mass is 10.0. The minimum Gasteiger partial charge on any atom is -0.489 e. The van der Waals surface area contributed by atoms with Gasteiger partial charge in [0.2, 0.25) is 0 Å². The van der Waals surface area contributed by atoms with E-state index in [-0.39, 0.29) is 5.56 Å². The zero-order chi connectivity index (χ0) is 21.9. The van der Waals surface area contributed by atoms with Crippen LogP contribution in [-0.2, 0) is 6.61 Å². The number of para-hydroxylation sites is 1. The monoisotopic (exact) mass is 421 g/mol. The number of rotatable bonds is 6. The first kappa shape index (κ1) is 19.5. The summed E-state index contributed by atoms with van der Waals surface area (Å²) >= 11 is 0. The highest BCUT2D eigenvalue weighted by atomic mass is 16.5. The molecule has 0 saturated heterocycles. The molecule has 0 fully saturated rings. The Morgan fingerprint density at radius 3 is 2.28 bits per heavy atom. The number of aromatic amines is 1. The Morgan fingerprint density at radius 1 is 0.875 bits per heavy atom. The molecule has 0 aliphatic carbocycles. The molecular formula is C26H19N3O3. The molecule has 0 amide bonds. The van der Waals surface area contributed by atoms with Crippen LogP contribution >= 0.6 is 0 Å². The number of benzene rings is 3. The zero-order valence-corrected chi connectivity index (χ0v) is 17.0. The van der Waals surface area contributed by atoms with Gasteiger partial charge in [0, 0.05) is 23.5 Å². The number of hydrogen-bond acceptors (Lipinski definition) is 4. The number of imidazole rings is 1. The average Bonchev–Trinajstić information content (AvgIpc) is 3.28. The second-order valence-corrected chi connectivity index (χ2v) is 7.34. The number of pyridine rings is 1. The summed E-state index contributed by atoms with van der Waals surface area (Å²) in [5, 5.41) is 9.37. The quantitative estimate of drug-likeness (QED) is 0.374. The summed E-state index contributed by atoms with van der Waals surface area (Å²) in [5.74, 6) is 0.446. The van der Waals surface area contributed by atoms with E-state index in [9.17, 15) is 9.90 Å². The molecule has 0 saturated carbocycles. The van der Waals surface area contributed by atoms with Crippen LogP contribution in [0.4, 0.5) is 0 Å². The number of aromatic carboxylic acids is 1. The summed E-state index contributed by atoms with van der Waals surface area (Å²) in [6, 6.07) is 24.9. The molecule has 0 unspecified atom stereocenters. The molecule has 0 radical (unpaired) electrons. The fourth-order valence-corrected chi connectivity index (χ4v) is 3.56. The first-order valence-corrected chi connectivity index (χ1v) is 10.1. The van der Waals surface area contributed by atoms with Crippen molar-refractivity contribution in [1.29, 1.82) is 0 Å². The SMILES string of the molecule is O=C(O)c1cccc2[nH]c(-c3ccc(-c4ccc(OCc5cccnc5)cc4)cc3)nc12. The smallest absolute Gasteiger partial charge is 0.337 e. The van der Waals surface area contributed by atoms with Crippen molar-refractivity contribution in [3.8, 4) is 28.3 Å². The maximum Gasteiger partial charge on any atom is 0.337 e. The topological polar surface area (TPSA) is 88.1 Å². The van der Waals surface area contributed by atoms with Gasteiger partial charge in [-0.05, 0) is 41.5 Å². The van der Waals surface area contributed by atoms with Gasteiger partial charge >= 0.3 is 5.97 Å². The third-order valence-electron chi connectivity index (χ3n) is 5.22. The molecule has 0 atom stereocenters. The number of ether oxygens (including phenoxy) is 1. The Bertz CT molecular complexity index is 1380. The number of hydrogen-bond donors (Lipinski definition) is 2. The van der Waals surface area contributed by atoms with Crippen molar-refractivity contribution in [3.05, 3.63) is 102 Å². The van der Waals surface area contributed by atoms with Crippen LogP contribution in [0.5, 0.6) is 5.75 Å². The van der Waals surface area contributed by atoms with Gasteiger partial charge in [-0.15, -0.1) is 0 Å². The highest BCUT2D eigenvalue weighted by molar-refractivity contribution is 6.01. The van der Waals surface area contributed by atoms with Crippen molar-refractivity contribution in [1.82, 2.24) is 15.0 Å². The number of aromatic nitrogens is 3. The molecule has 0 aliphatic heterocycles. The molecule has 2 N–H and O–H groups in total. The molecule has 5 aromatic rings. The molecule has 0 bridgehead atoms. The summed E-state index contributed by atoms with van der Waals surface area (Å²) in [4.78, 5) is 23.2. The van der Waals surface area contributed by atoms with E-state index >= 15 is 0 Å². The summed E-state index contributed by atoms with van der Waals surface area (Å²) in [6.07, 6.45) is 3.53. The van der Waals surface area contributed by atoms with Crippen LogP contribution in [0.1, 0.15) is 15.9 Å². The van der Waals surface area contributed by atoms with Gasteiger partial charge in [0.05, 0.1) is 11.1 Å². The number of nitrogens with one attached hydrogen (secondary N) is 1. The zero-order valence-electron chi connectivity index (χ0n) is 17.0. The minimum atomic E-state index is -0.989. The Morgan fingerprint density at radius 2 is 1.59 bits per heavy atom. The number of H-pyrrole nitrogens is 1. The van der Waals surface area contributed by atoms with Gasteiger partial charge in [0.25, 0.3) is 0 Å². The normalized spacial score (nSPS) is 10.9. The van der Waals surface area contributed by atoms with Gasteiger partial charge < -0.3 is 14.8 Å². The third-order valence-corrected chi connectivity index (χ3v) is 5.22. The van der Waals surface area contributed by atoms with E-state index in [1.165, 1.54) is 0 Å². The van der Waals surface area contributed by atoms with Crippen molar-refractivity contribution in [2.45, 2.75) is 6.61 Å². The van der Waals surface area contributed by atoms with Gasteiger partial charge in [-0.1, -0.05) is 48.5 Å². The van der Waals surface area contributed by atoms with Crippen molar-refractivity contribution < 1.29 is 14.6 Å². The maximum atomic E-state index is 11.4. The Balaban J connectivity index is 1.33. The molecule has 0 aliphatic rings. The first-order chi connectivity index (χ1) is 15.7. The molecule has 6 nitrogen and oxygen atoms in total. The second-order valence-electron chi connectivity index (χ2n) is 7.34. The van der Waals surface area contributed by atoms with Gasteiger partial charge in [0.1, 0.15) is 23.7 Å². The Labute approximate surface area is 184 Å². The van der Waals surface area contributed by atoms with E-state index in [1.807, 2.05) is 66.7 Å². The molecule has 2 heterocycles. The highest BCUT2D eigenvalue weighted by Gasteiger charge is 2.13. The van der Waals surface area contributed by atoms with E-state index in [0.717, 1.165) is 28.0 Å². The van der Waals surface area contributed by atoms with E-state index < -0.39 is 5.97 Å². The Hall–Kier alpha value is -4.45. The average molecular weight is 421 g/mol. The molecule has 6 heteroatoms. The second kappa shape index (κ2) is 8.35. The number of carboxylic acid groups (broad SMARTS) is 1. The largest absolute Gasteiger partial charge is 0.489 e. The fraction of sp³-hybridized carbons (Fsp3) is 0.0385. The predicted octanol–water partition coefficient (Wildman–Crippen LogP) is 5.57. The van der Waals surface area contributed by atoms with Crippen LogP contribution in [-0.4, -0.2) is 26.0 Å². The van der Waals surface area contributed by atoms with Gasteiger partial charge in [-0.25, -0.2) is 9.78 Å². The van der Waals surface area contributed by atoms with Crippen LogP contribution < -0.4 is 4.74 Å². The maximum absolute atomic E-state index is 11.4. The number of fused-ring (bicyclic) bond motifs is 1. The molecule has 3 aromatic carbocycles. The summed E-state index contributed by atoms with van der Waals surface area (Å²) in [7, 11) is 0. The van der Waals surface area contributed by atoms with Crippen LogP contribution in [0, 0.1) is 0 Å². The van der Waals surface area contributed by atoms with Crippen molar-refractivity contribution in [2.75, 3.05) is 0 Å². The molecular weight excluding hydrogens is 402 g/mol. The summed E-state index contributed by atoms with van der Waals surface area (Å²) in [5.41, 5.74) is 5.39. The van der Waals surface area contributed by atoms with Gasteiger partial charge in [0.15, 0.2) is 0 Å². The van der Waals surface area contributed by atoms with E-state index in [1.54, 1.807) is 24.5 Å². The highest BCUT2D eigenvalue weighted by Crippen LogP contribution is 2.27. The predicted molar refractivity (Wildman–Crippen MR) is 122 cm³/mol. The van der Waals surface area contributed by atoms with Crippen molar-refractivity contribution >= 4 is 17.0 Å². The van der Waals surface area contributed by atoms with Gasteiger partial charge in [-0.3, -0.25) is 4.98 Å². The summed E-state index contributed by atoms with van der Waals surface area (Å²) in [6.45, 7) is 0.475. The lowest BCUT2D eigenvalue weighted by Gasteiger charge is -2.08. The lowest BCUT2D eigenvalue weighted by molar-refractivity contribution is 0.0699. The third kappa shape index (κ3) is 3.94. The number of carboxylic acids is 1. The van der Waals surface area contributed by atoms with Crippen molar-refractivity contribution in [3.63, 3.8) is 0 Å². The van der Waals surface area contributed by atoms with Gasteiger partial charge in [-0.2, -0.15) is 0 Å². The molecule has 156 valence electrons. The molecule has 32 heavy (non-hydrogen) atoms. The first-order valence-electron chi connectivity index (χ1n) is 10.1. The minimum absolute atomic E-state index is 0.187. The van der Waals surface area contributed by atoms with E-state index in [4.69, 9.17) is 4.74 Å². The molecule has 2 aromatic heterocycles. The van der Waals surface area contributed by atoms with Crippen molar-refractivity contribution in [2.24, 2.45) is 0 Å². The van der Waals surface area contributed by atoms with E-state index in [0.29, 0.717) is 23.5 Å². The molecule has 5 rings (SSSR count). The van der Waals surface area contributed by atoms with E-state index in [2.05, 4.69) is 15.0 Å². The van der Waals surface area contributed by atoms with Crippen LogP contribution in [0.2, 0.25) is 0 Å².